The van der Waals surface area contributed by atoms with E-state index in [0.717, 1.165) is 5.56 Å². The number of ether oxygens (including phenoxy) is 3. The minimum absolute atomic E-state index is 0.154. The van der Waals surface area contributed by atoms with Gasteiger partial charge >= 0.3 is 5.97 Å². The lowest BCUT2D eigenvalue weighted by molar-refractivity contribution is -0.144. The molecule has 150 valence electrons. The summed E-state index contributed by atoms with van der Waals surface area (Å²) in [4.78, 5) is 28.3. The maximum Gasteiger partial charge on any atom is 0.325 e. The van der Waals surface area contributed by atoms with Crippen molar-refractivity contribution in [2.24, 2.45) is 0 Å². The second-order valence-electron chi connectivity index (χ2n) is 5.82. The van der Waals surface area contributed by atoms with Gasteiger partial charge in [0.15, 0.2) is 6.61 Å². The van der Waals surface area contributed by atoms with Crippen LogP contribution >= 0.6 is 0 Å². The fourth-order valence-electron chi connectivity index (χ4n) is 2.40. The molecule has 9 nitrogen and oxygen atoms in total. The van der Waals surface area contributed by atoms with Crippen molar-refractivity contribution in [2.75, 3.05) is 20.8 Å². The van der Waals surface area contributed by atoms with Crippen molar-refractivity contribution in [3.8, 4) is 22.9 Å². The summed E-state index contributed by atoms with van der Waals surface area (Å²) in [7, 11) is 2.96. The fourth-order valence-corrected chi connectivity index (χ4v) is 2.40. The van der Waals surface area contributed by atoms with E-state index in [4.69, 9.17) is 18.7 Å². The summed E-state index contributed by atoms with van der Waals surface area (Å²) in [5.74, 6) is 0.361. The van der Waals surface area contributed by atoms with Gasteiger partial charge in [-0.05, 0) is 12.1 Å². The summed E-state index contributed by atoms with van der Waals surface area (Å²) in [5, 5.41) is 6.32. The number of hydrogen-bond donors (Lipinski definition) is 1. The van der Waals surface area contributed by atoms with Gasteiger partial charge in [0, 0.05) is 17.2 Å². The molecule has 1 aromatic heterocycles. The molecule has 0 aliphatic heterocycles. The van der Waals surface area contributed by atoms with Crippen LogP contribution in [0.15, 0.2) is 53.1 Å². The van der Waals surface area contributed by atoms with Crippen molar-refractivity contribution in [2.45, 2.75) is 6.61 Å². The maximum atomic E-state index is 12.2. The summed E-state index contributed by atoms with van der Waals surface area (Å²) in [6, 6.07) is 14.0. The molecule has 0 unspecified atom stereocenters. The van der Waals surface area contributed by atoms with Crippen LogP contribution in [-0.2, 0) is 16.1 Å². The molecule has 1 N–H and O–H groups in total. The molecule has 9 heteroatoms. The number of esters is 1. The molecule has 3 aromatic rings. The number of amides is 1. The third-order valence-electron chi connectivity index (χ3n) is 3.86. The van der Waals surface area contributed by atoms with Gasteiger partial charge in [0.1, 0.15) is 18.0 Å². The largest absolute Gasteiger partial charge is 0.497 e. The highest BCUT2D eigenvalue weighted by Gasteiger charge is 2.14. The molecular weight excluding hydrogens is 378 g/mol. The zero-order chi connectivity index (χ0) is 20.6. The van der Waals surface area contributed by atoms with Crippen LogP contribution in [0.4, 0.5) is 0 Å². The summed E-state index contributed by atoms with van der Waals surface area (Å²) in [6.07, 6.45) is 0. The average molecular weight is 397 g/mol. The molecule has 0 bridgehead atoms. The second kappa shape index (κ2) is 9.36. The molecule has 0 fully saturated rings. The van der Waals surface area contributed by atoms with Crippen molar-refractivity contribution in [3.05, 3.63) is 60.0 Å². The number of nitrogens with zero attached hydrogens (tertiary/aromatic N) is 2. The van der Waals surface area contributed by atoms with E-state index in [9.17, 15) is 9.59 Å². The van der Waals surface area contributed by atoms with Crippen molar-refractivity contribution in [1.82, 2.24) is 15.5 Å². The average Bonchev–Trinajstić information content (AvgIpc) is 3.25. The second-order valence-corrected chi connectivity index (χ2v) is 5.82. The van der Waals surface area contributed by atoms with E-state index >= 15 is 0 Å². The number of benzene rings is 2. The van der Waals surface area contributed by atoms with Crippen LogP contribution < -0.4 is 14.8 Å². The highest BCUT2D eigenvalue weighted by Crippen LogP contribution is 2.22. The highest BCUT2D eigenvalue weighted by atomic mass is 16.6. The Morgan fingerprint density at radius 3 is 2.38 bits per heavy atom. The first-order chi connectivity index (χ1) is 14.1. The monoisotopic (exact) mass is 397 g/mol. The molecule has 0 saturated heterocycles. The van der Waals surface area contributed by atoms with E-state index in [2.05, 4.69) is 15.5 Å². The predicted molar refractivity (Wildman–Crippen MR) is 101 cm³/mol. The molecule has 0 radical (unpaired) electrons. The molecule has 1 heterocycles. The number of aromatic nitrogens is 2. The molecule has 0 saturated carbocycles. The maximum absolute atomic E-state index is 12.2. The van der Waals surface area contributed by atoms with Crippen LogP contribution in [0.2, 0.25) is 0 Å². The number of carbonyl (C=O) groups excluding carboxylic acids is 2. The quantitative estimate of drug-likeness (QED) is 0.576. The number of methoxy groups -OCH3 is 2. The van der Waals surface area contributed by atoms with Crippen molar-refractivity contribution < 1.29 is 28.3 Å². The first-order valence-corrected chi connectivity index (χ1v) is 8.64. The molecule has 0 atom stereocenters. The van der Waals surface area contributed by atoms with E-state index < -0.39 is 11.9 Å². The van der Waals surface area contributed by atoms with Crippen LogP contribution in [-0.4, -0.2) is 42.8 Å². The van der Waals surface area contributed by atoms with Gasteiger partial charge in [-0.3, -0.25) is 9.59 Å². The van der Waals surface area contributed by atoms with Crippen molar-refractivity contribution in [1.29, 1.82) is 0 Å². The third kappa shape index (κ3) is 5.32. The van der Waals surface area contributed by atoms with Crippen LogP contribution in [0, 0.1) is 0 Å². The normalized spacial score (nSPS) is 10.3. The standard InChI is InChI=1S/C20H19N3O6/c1-26-15-8-14(9-16(10-15)27-2)20(25)21-11-18(24)28-12-17-22-19(23-29-17)13-6-4-3-5-7-13/h3-10H,11-12H2,1-2H3,(H,21,25). The number of hydrogen-bond acceptors (Lipinski definition) is 8. The molecular formula is C20H19N3O6. The molecule has 0 spiro atoms. The van der Waals surface area contributed by atoms with E-state index in [0.29, 0.717) is 22.9 Å². The first kappa shape index (κ1) is 19.9. The van der Waals surface area contributed by atoms with Crippen LogP contribution in [0.25, 0.3) is 11.4 Å². The van der Waals surface area contributed by atoms with Crippen LogP contribution in [0.1, 0.15) is 16.2 Å². The fraction of sp³-hybridized carbons (Fsp3) is 0.200. The first-order valence-electron chi connectivity index (χ1n) is 8.64. The lowest BCUT2D eigenvalue weighted by Crippen LogP contribution is -2.30. The Bertz CT molecular complexity index is 965. The Balaban J connectivity index is 1.50. The van der Waals surface area contributed by atoms with Gasteiger partial charge in [-0.25, -0.2) is 0 Å². The predicted octanol–water partition coefficient (Wildman–Crippen LogP) is 2.23. The van der Waals surface area contributed by atoms with E-state index in [1.807, 2.05) is 30.3 Å². The van der Waals surface area contributed by atoms with Crippen LogP contribution in [0.3, 0.4) is 0 Å². The lowest BCUT2D eigenvalue weighted by Gasteiger charge is -2.09. The molecule has 3 rings (SSSR count). The number of carbonyl (C=O) groups is 2. The van der Waals surface area contributed by atoms with E-state index in [-0.39, 0.29) is 19.0 Å². The van der Waals surface area contributed by atoms with Crippen molar-refractivity contribution >= 4 is 11.9 Å². The van der Waals surface area contributed by atoms with E-state index in [1.54, 1.807) is 6.07 Å². The lowest BCUT2D eigenvalue weighted by atomic mass is 10.2. The Kier molecular flexibility index (Phi) is 6.41. The summed E-state index contributed by atoms with van der Waals surface area (Å²) < 4.78 is 20.4. The minimum Gasteiger partial charge on any atom is -0.497 e. The van der Waals surface area contributed by atoms with Crippen LogP contribution in [0.5, 0.6) is 11.5 Å². The number of nitrogens with one attached hydrogen (secondary N) is 1. The Morgan fingerprint density at radius 2 is 1.72 bits per heavy atom. The van der Waals surface area contributed by atoms with Gasteiger partial charge in [-0.2, -0.15) is 4.98 Å². The molecule has 0 aliphatic carbocycles. The summed E-state index contributed by atoms with van der Waals surface area (Å²) in [6.45, 7) is -0.514. The van der Waals surface area contributed by atoms with Crippen molar-refractivity contribution in [3.63, 3.8) is 0 Å². The highest BCUT2D eigenvalue weighted by molar-refractivity contribution is 5.96. The topological polar surface area (TPSA) is 113 Å². The number of rotatable bonds is 8. The van der Waals surface area contributed by atoms with Gasteiger partial charge in [0.05, 0.1) is 14.2 Å². The van der Waals surface area contributed by atoms with Gasteiger partial charge in [-0.1, -0.05) is 35.5 Å². The Hall–Kier alpha value is -3.88. The zero-order valence-corrected chi connectivity index (χ0v) is 15.9. The summed E-state index contributed by atoms with van der Waals surface area (Å²) >= 11 is 0. The Labute approximate surface area is 166 Å². The SMILES string of the molecule is COc1cc(OC)cc(C(=O)NCC(=O)OCc2nc(-c3ccccc3)no2)c1. The minimum atomic E-state index is -0.646. The molecule has 29 heavy (non-hydrogen) atoms. The smallest absolute Gasteiger partial charge is 0.325 e. The molecule has 2 aromatic carbocycles. The van der Waals surface area contributed by atoms with Gasteiger partial charge in [-0.15, -0.1) is 0 Å². The van der Waals surface area contributed by atoms with Gasteiger partial charge < -0.3 is 24.1 Å². The molecule has 0 aliphatic rings. The van der Waals surface area contributed by atoms with E-state index in [1.165, 1.54) is 26.4 Å². The third-order valence-corrected chi connectivity index (χ3v) is 3.86. The zero-order valence-electron chi connectivity index (χ0n) is 15.9. The van der Waals surface area contributed by atoms with Gasteiger partial charge in [0.2, 0.25) is 5.82 Å². The molecule has 1 amide bonds. The summed E-state index contributed by atoms with van der Waals surface area (Å²) in [5.41, 5.74) is 1.08. The van der Waals surface area contributed by atoms with Gasteiger partial charge in [0.25, 0.3) is 11.8 Å². The Morgan fingerprint density at radius 1 is 1.03 bits per heavy atom.